The maximum atomic E-state index is 4.19. The van der Waals surface area contributed by atoms with Gasteiger partial charge in [0.1, 0.15) is 0 Å². The molecule has 0 saturated heterocycles. The number of rotatable bonds is 1. The van der Waals surface area contributed by atoms with Crippen molar-refractivity contribution in [2.45, 2.75) is 0 Å². The average molecular weight is 322 g/mol. The second-order valence-electron chi connectivity index (χ2n) is 2.60. The van der Waals surface area contributed by atoms with Gasteiger partial charge in [0.2, 0.25) is 0 Å². The van der Waals surface area contributed by atoms with Crippen LogP contribution < -0.4 is 4.90 Å². The van der Waals surface area contributed by atoms with Crippen molar-refractivity contribution in [3.8, 4) is 0 Å². The van der Waals surface area contributed by atoms with Crippen molar-refractivity contribution in [2.24, 2.45) is 4.99 Å². The highest BCUT2D eigenvalue weighted by molar-refractivity contribution is 14.0. The van der Waals surface area contributed by atoms with E-state index in [1.807, 2.05) is 38.6 Å². The topological polar surface area (TPSA) is 15.6 Å². The molecule has 1 aromatic rings. The quantitative estimate of drug-likeness (QED) is 0.449. The second kappa shape index (κ2) is 7.11. The fraction of sp³-hybridized carbons (Fsp3) is 0.300. The lowest BCUT2D eigenvalue weighted by molar-refractivity contribution is 1.26. The van der Waals surface area contributed by atoms with E-state index in [2.05, 4.69) is 22.0 Å². The number of para-hydroxylation sites is 1. The van der Waals surface area contributed by atoms with Gasteiger partial charge in [-0.2, -0.15) is 0 Å². The Morgan fingerprint density at radius 1 is 1.29 bits per heavy atom. The van der Waals surface area contributed by atoms with Gasteiger partial charge in [-0.25, -0.2) is 0 Å². The van der Waals surface area contributed by atoms with Gasteiger partial charge in [-0.1, -0.05) is 30.0 Å². The summed E-state index contributed by atoms with van der Waals surface area (Å²) >= 11 is 1.65. The zero-order chi connectivity index (χ0) is 9.68. The third-order valence-electron chi connectivity index (χ3n) is 1.80. The molecule has 0 radical (unpaired) electrons. The van der Waals surface area contributed by atoms with E-state index in [4.69, 9.17) is 0 Å². The number of hydrogen-bond acceptors (Lipinski definition) is 2. The Bertz CT molecular complexity index is 287. The lowest BCUT2D eigenvalue weighted by Gasteiger charge is -2.19. The number of amidine groups is 1. The van der Waals surface area contributed by atoms with E-state index in [1.165, 1.54) is 0 Å². The Balaban J connectivity index is 0.00000169. The van der Waals surface area contributed by atoms with E-state index in [-0.39, 0.29) is 24.0 Å². The third-order valence-corrected chi connectivity index (χ3v) is 2.63. The minimum Gasteiger partial charge on any atom is -0.324 e. The molecule has 0 aromatic heterocycles. The van der Waals surface area contributed by atoms with Gasteiger partial charge >= 0.3 is 0 Å². The summed E-state index contributed by atoms with van der Waals surface area (Å²) in [7, 11) is 3.83. The van der Waals surface area contributed by atoms with Crippen LogP contribution in [-0.2, 0) is 0 Å². The molecule has 0 amide bonds. The number of benzene rings is 1. The molecule has 14 heavy (non-hydrogen) atoms. The highest BCUT2D eigenvalue weighted by Gasteiger charge is 2.04. The van der Waals surface area contributed by atoms with Crippen molar-refractivity contribution in [2.75, 3.05) is 25.3 Å². The molecule has 0 heterocycles. The van der Waals surface area contributed by atoms with E-state index < -0.39 is 0 Å². The van der Waals surface area contributed by atoms with Gasteiger partial charge in [0.25, 0.3) is 0 Å². The molecule has 78 valence electrons. The zero-order valence-corrected chi connectivity index (χ0v) is 11.7. The van der Waals surface area contributed by atoms with E-state index in [1.54, 1.807) is 11.8 Å². The van der Waals surface area contributed by atoms with Gasteiger partial charge in [-0.05, 0) is 18.4 Å². The Kier molecular flexibility index (Phi) is 7.00. The maximum absolute atomic E-state index is 4.19. The van der Waals surface area contributed by atoms with Crippen molar-refractivity contribution >= 4 is 46.6 Å². The van der Waals surface area contributed by atoms with E-state index in [9.17, 15) is 0 Å². The molecular formula is C10H15IN2S. The number of thioether (sulfide) groups is 1. The molecule has 0 aliphatic rings. The Morgan fingerprint density at radius 3 is 2.29 bits per heavy atom. The fourth-order valence-corrected chi connectivity index (χ4v) is 1.70. The Morgan fingerprint density at radius 2 is 1.86 bits per heavy atom. The van der Waals surface area contributed by atoms with Gasteiger partial charge in [0.05, 0.1) is 0 Å². The lowest BCUT2D eigenvalue weighted by atomic mass is 10.3. The van der Waals surface area contributed by atoms with Crippen LogP contribution >= 0.6 is 35.7 Å². The summed E-state index contributed by atoms with van der Waals surface area (Å²) < 4.78 is 0. The molecule has 0 atom stereocenters. The fourth-order valence-electron chi connectivity index (χ4n) is 1.14. The van der Waals surface area contributed by atoms with Crippen molar-refractivity contribution in [3.05, 3.63) is 30.3 Å². The molecule has 0 fully saturated rings. The molecule has 0 aliphatic carbocycles. The van der Waals surface area contributed by atoms with Crippen LogP contribution in [0.15, 0.2) is 35.3 Å². The molecule has 0 aliphatic heterocycles. The monoisotopic (exact) mass is 322 g/mol. The summed E-state index contributed by atoms with van der Waals surface area (Å²) in [4.78, 5) is 6.26. The first-order chi connectivity index (χ1) is 6.29. The first-order valence-electron chi connectivity index (χ1n) is 4.09. The second-order valence-corrected chi connectivity index (χ2v) is 3.38. The van der Waals surface area contributed by atoms with Crippen LogP contribution in [0.5, 0.6) is 0 Å². The van der Waals surface area contributed by atoms with Gasteiger partial charge < -0.3 is 4.90 Å². The lowest BCUT2D eigenvalue weighted by Crippen LogP contribution is -2.22. The van der Waals surface area contributed by atoms with Crippen LogP contribution in [0.3, 0.4) is 0 Å². The van der Waals surface area contributed by atoms with Gasteiger partial charge in [-0.15, -0.1) is 24.0 Å². The SMILES string of the molecule is CN=C(SC)N(C)c1ccccc1.I. The molecule has 1 aromatic carbocycles. The van der Waals surface area contributed by atoms with Crippen molar-refractivity contribution in [1.82, 2.24) is 0 Å². The summed E-state index contributed by atoms with van der Waals surface area (Å²) in [6.07, 6.45) is 2.03. The van der Waals surface area contributed by atoms with Crippen LogP contribution in [0.1, 0.15) is 0 Å². The van der Waals surface area contributed by atoms with Gasteiger partial charge in [0, 0.05) is 19.8 Å². The summed E-state index contributed by atoms with van der Waals surface area (Å²) in [5.41, 5.74) is 1.16. The minimum absolute atomic E-state index is 0. The third kappa shape index (κ3) is 3.49. The van der Waals surface area contributed by atoms with Crippen LogP contribution in [0.4, 0.5) is 5.69 Å². The smallest absolute Gasteiger partial charge is 0.162 e. The minimum atomic E-state index is 0. The number of nitrogens with zero attached hydrogens (tertiary/aromatic N) is 2. The van der Waals surface area contributed by atoms with Crippen LogP contribution in [0, 0.1) is 0 Å². The predicted octanol–water partition coefficient (Wildman–Crippen LogP) is 3.09. The van der Waals surface area contributed by atoms with E-state index >= 15 is 0 Å². The van der Waals surface area contributed by atoms with Gasteiger partial charge in [0.15, 0.2) is 5.17 Å². The number of hydrogen-bond donors (Lipinski definition) is 0. The number of anilines is 1. The largest absolute Gasteiger partial charge is 0.324 e. The Labute approximate surface area is 107 Å². The predicted molar refractivity (Wildman–Crippen MR) is 77.1 cm³/mol. The number of halogens is 1. The molecular weight excluding hydrogens is 307 g/mol. The molecule has 1 rings (SSSR count). The molecule has 0 bridgehead atoms. The molecule has 0 unspecified atom stereocenters. The van der Waals surface area contributed by atoms with E-state index in [0.717, 1.165) is 10.9 Å². The summed E-state index contributed by atoms with van der Waals surface area (Å²) in [6, 6.07) is 10.2. The summed E-state index contributed by atoms with van der Waals surface area (Å²) in [5.74, 6) is 0. The first kappa shape index (κ1) is 13.8. The van der Waals surface area contributed by atoms with Crippen LogP contribution in [0.2, 0.25) is 0 Å². The first-order valence-corrected chi connectivity index (χ1v) is 5.31. The molecule has 0 spiro atoms. The summed E-state index contributed by atoms with van der Waals surface area (Å²) in [6.45, 7) is 0. The van der Waals surface area contributed by atoms with E-state index in [0.29, 0.717) is 0 Å². The molecule has 4 heteroatoms. The maximum Gasteiger partial charge on any atom is 0.162 e. The van der Waals surface area contributed by atoms with Gasteiger partial charge in [-0.3, -0.25) is 4.99 Å². The normalized spacial score (nSPS) is 10.6. The number of aliphatic imine (C=N–C) groups is 1. The van der Waals surface area contributed by atoms with Crippen LogP contribution in [-0.4, -0.2) is 25.5 Å². The molecule has 0 saturated carbocycles. The highest BCUT2D eigenvalue weighted by Crippen LogP contribution is 2.15. The average Bonchev–Trinajstić information content (AvgIpc) is 2.21. The van der Waals surface area contributed by atoms with Crippen molar-refractivity contribution in [3.63, 3.8) is 0 Å². The van der Waals surface area contributed by atoms with Crippen molar-refractivity contribution in [1.29, 1.82) is 0 Å². The highest BCUT2D eigenvalue weighted by atomic mass is 127. The molecule has 2 nitrogen and oxygen atoms in total. The summed E-state index contributed by atoms with van der Waals surface area (Å²) in [5, 5.41) is 1.02. The standard InChI is InChI=1S/C10H14N2S.HI/c1-11-10(13-3)12(2)9-7-5-4-6-8-9;/h4-8H,1-3H3;1H. The molecule has 0 N–H and O–H groups in total. The van der Waals surface area contributed by atoms with Crippen molar-refractivity contribution < 1.29 is 0 Å². The zero-order valence-electron chi connectivity index (χ0n) is 8.60. The van der Waals surface area contributed by atoms with Crippen LogP contribution in [0.25, 0.3) is 0 Å². The Hall–Kier alpha value is -0.230.